The second-order valence-corrected chi connectivity index (χ2v) is 6.58. The van der Waals surface area contributed by atoms with E-state index in [2.05, 4.69) is 65.1 Å². The van der Waals surface area contributed by atoms with E-state index < -0.39 is 0 Å². The van der Waals surface area contributed by atoms with Crippen LogP contribution in [0.5, 0.6) is 0 Å². The zero-order valence-corrected chi connectivity index (χ0v) is 19.6. The van der Waals surface area contributed by atoms with Gasteiger partial charge in [-0.3, -0.25) is 9.67 Å². The van der Waals surface area contributed by atoms with Crippen molar-refractivity contribution < 1.29 is 0 Å². The third-order valence-electron chi connectivity index (χ3n) is 4.52. The van der Waals surface area contributed by atoms with E-state index >= 15 is 0 Å². The van der Waals surface area contributed by atoms with Gasteiger partial charge in [-0.25, -0.2) is 0 Å². The number of aromatic nitrogens is 5. The predicted octanol–water partition coefficient (Wildman–Crippen LogP) is 2.00. The Morgan fingerprint density at radius 2 is 2.04 bits per heavy atom. The number of aliphatic imine (C=N–C) groups is 1. The molecule has 27 heavy (non-hydrogen) atoms. The van der Waals surface area contributed by atoms with Crippen LogP contribution in [0.1, 0.15) is 43.5 Å². The zero-order valence-electron chi connectivity index (χ0n) is 17.3. The summed E-state index contributed by atoms with van der Waals surface area (Å²) in [5.74, 6) is 1.83. The van der Waals surface area contributed by atoms with Crippen LogP contribution in [0.25, 0.3) is 0 Å². The average Bonchev–Trinajstić information content (AvgIpc) is 3.14. The number of aryl methyl sites for hydroxylation is 3. The van der Waals surface area contributed by atoms with E-state index in [1.165, 1.54) is 11.3 Å². The number of nitrogens with zero attached hydrogens (tertiary/aromatic N) is 6. The highest BCUT2D eigenvalue weighted by molar-refractivity contribution is 14.0. The molecule has 0 bridgehead atoms. The fraction of sp³-hybridized carbons (Fsp3) is 0.667. The highest BCUT2D eigenvalue weighted by Crippen LogP contribution is 2.14. The molecule has 0 amide bonds. The lowest BCUT2D eigenvalue weighted by Crippen LogP contribution is -2.43. The predicted molar refractivity (Wildman–Crippen MR) is 120 cm³/mol. The van der Waals surface area contributed by atoms with Crippen LogP contribution in [0.4, 0.5) is 0 Å². The minimum Gasteiger partial charge on any atom is -0.357 e. The lowest BCUT2D eigenvalue weighted by Gasteiger charge is -2.18. The molecular formula is C18H33IN8. The van der Waals surface area contributed by atoms with Crippen LogP contribution in [-0.2, 0) is 26.4 Å². The molecule has 1 unspecified atom stereocenters. The maximum atomic E-state index is 4.69. The quantitative estimate of drug-likeness (QED) is 0.338. The Hall–Kier alpha value is -1.65. The van der Waals surface area contributed by atoms with Crippen LogP contribution in [-0.4, -0.2) is 49.6 Å². The summed E-state index contributed by atoms with van der Waals surface area (Å²) < 4.78 is 4.00. The third-order valence-corrected chi connectivity index (χ3v) is 4.52. The Balaban J connectivity index is 0.00000364. The monoisotopic (exact) mass is 488 g/mol. The van der Waals surface area contributed by atoms with Crippen molar-refractivity contribution in [3.63, 3.8) is 0 Å². The first-order valence-electron chi connectivity index (χ1n) is 9.36. The van der Waals surface area contributed by atoms with Gasteiger partial charge in [0.25, 0.3) is 0 Å². The Morgan fingerprint density at radius 3 is 2.63 bits per heavy atom. The first-order valence-corrected chi connectivity index (χ1v) is 9.36. The average molecular weight is 488 g/mol. The lowest BCUT2D eigenvalue weighted by atomic mass is 10.1. The molecule has 0 aliphatic rings. The molecule has 0 aliphatic heterocycles. The minimum atomic E-state index is 0. The van der Waals surface area contributed by atoms with E-state index in [0.717, 1.165) is 43.4 Å². The first-order chi connectivity index (χ1) is 12.5. The molecule has 0 fully saturated rings. The molecule has 2 N–H and O–H groups in total. The number of halogens is 1. The maximum absolute atomic E-state index is 4.69. The van der Waals surface area contributed by atoms with E-state index in [0.29, 0.717) is 6.54 Å². The normalized spacial score (nSPS) is 12.6. The molecule has 2 aromatic rings. The van der Waals surface area contributed by atoms with E-state index in [4.69, 9.17) is 4.99 Å². The molecule has 0 aliphatic carbocycles. The van der Waals surface area contributed by atoms with Crippen molar-refractivity contribution in [3.05, 3.63) is 29.1 Å². The summed E-state index contributed by atoms with van der Waals surface area (Å²) in [6.07, 6.45) is 3.56. The van der Waals surface area contributed by atoms with Crippen LogP contribution in [0, 0.1) is 13.8 Å². The van der Waals surface area contributed by atoms with Crippen molar-refractivity contribution in [2.24, 2.45) is 12.0 Å². The van der Waals surface area contributed by atoms with Crippen molar-refractivity contribution in [3.8, 4) is 0 Å². The van der Waals surface area contributed by atoms with Gasteiger partial charge < -0.3 is 15.2 Å². The number of hydrogen-bond acceptors (Lipinski definition) is 4. The number of rotatable bonds is 8. The van der Waals surface area contributed by atoms with Crippen molar-refractivity contribution in [2.75, 3.05) is 13.1 Å². The van der Waals surface area contributed by atoms with Crippen molar-refractivity contribution in [1.82, 2.24) is 35.2 Å². The largest absolute Gasteiger partial charge is 0.357 e. The van der Waals surface area contributed by atoms with E-state index in [-0.39, 0.29) is 30.0 Å². The SMILES string of the molecule is CCNC(=NCCn1cnnc1CC)NC(C)Cc1c(C)nn(C)c1C.I. The van der Waals surface area contributed by atoms with Crippen LogP contribution >= 0.6 is 24.0 Å². The molecule has 0 spiro atoms. The summed E-state index contributed by atoms with van der Waals surface area (Å²) in [6, 6.07) is 0.260. The Kier molecular flexibility index (Phi) is 9.75. The number of nitrogens with one attached hydrogen (secondary N) is 2. The summed E-state index contributed by atoms with van der Waals surface area (Å²) in [6.45, 7) is 12.8. The zero-order chi connectivity index (χ0) is 19.1. The van der Waals surface area contributed by atoms with E-state index in [1.807, 2.05) is 11.7 Å². The van der Waals surface area contributed by atoms with Crippen molar-refractivity contribution in [2.45, 2.75) is 60.0 Å². The smallest absolute Gasteiger partial charge is 0.191 e. The van der Waals surface area contributed by atoms with E-state index in [9.17, 15) is 0 Å². The van der Waals surface area contributed by atoms with Crippen molar-refractivity contribution >= 4 is 29.9 Å². The summed E-state index contributed by atoms with van der Waals surface area (Å²) in [7, 11) is 1.99. The summed E-state index contributed by atoms with van der Waals surface area (Å²) >= 11 is 0. The molecule has 0 saturated heterocycles. The maximum Gasteiger partial charge on any atom is 0.191 e. The Morgan fingerprint density at radius 1 is 1.30 bits per heavy atom. The topological polar surface area (TPSA) is 84.9 Å². The van der Waals surface area contributed by atoms with Gasteiger partial charge in [0.15, 0.2) is 5.96 Å². The van der Waals surface area contributed by atoms with Gasteiger partial charge in [-0.1, -0.05) is 6.92 Å². The highest BCUT2D eigenvalue weighted by Gasteiger charge is 2.14. The second-order valence-electron chi connectivity index (χ2n) is 6.58. The standard InChI is InChI=1S/C18H32N8.HI/c1-7-17-23-21-12-26(17)10-9-20-18(19-8-2)22-13(3)11-16-14(4)24-25(6)15(16)5;/h12-13H,7-11H2,1-6H3,(H2,19,20,22);1H. The third kappa shape index (κ3) is 6.47. The van der Waals surface area contributed by atoms with Gasteiger partial charge in [0.05, 0.1) is 12.2 Å². The molecule has 0 saturated carbocycles. The summed E-state index contributed by atoms with van der Waals surface area (Å²) in [5.41, 5.74) is 3.62. The number of guanidine groups is 1. The second kappa shape index (κ2) is 11.3. The van der Waals surface area contributed by atoms with Gasteiger partial charge in [-0.05, 0) is 39.7 Å². The summed E-state index contributed by atoms with van der Waals surface area (Å²) in [4.78, 5) is 4.69. The first kappa shape index (κ1) is 23.4. The lowest BCUT2D eigenvalue weighted by molar-refractivity contribution is 0.626. The van der Waals surface area contributed by atoms with Crippen molar-refractivity contribution in [1.29, 1.82) is 0 Å². The molecule has 0 radical (unpaired) electrons. The minimum absolute atomic E-state index is 0. The van der Waals surface area contributed by atoms with E-state index in [1.54, 1.807) is 6.33 Å². The molecular weight excluding hydrogens is 455 g/mol. The van der Waals surface area contributed by atoms with Gasteiger partial charge in [-0.2, -0.15) is 5.10 Å². The molecule has 2 heterocycles. The van der Waals surface area contributed by atoms with Crippen LogP contribution in [0.2, 0.25) is 0 Å². The molecule has 0 aromatic carbocycles. The molecule has 2 aromatic heterocycles. The van der Waals surface area contributed by atoms with Crippen LogP contribution in [0.3, 0.4) is 0 Å². The molecule has 2 rings (SSSR count). The Bertz CT molecular complexity index is 734. The van der Waals surface area contributed by atoms with Crippen LogP contribution in [0.15, 0.2) is 11.3 Å². The van der Waals surface area contributed by atoms with Crippen LogP contribution < -0.4 is 10.6 Å². The van der Waals surface area contributed by atoms with Gasteiger partial charge >= 0.3 is 0 Å². The Labute approximate surface area is 179 Å². The van der Waals surface area contributed by atoms with Gasteiger partial charge in [0, 0.05) is 38.3 Å². The fourth-order valence-electron chi connectivity index (χ4n) is 3.03. The number of hydrogen-bond donors (Lipinski definition) is 2. The fourth-order valence-corrected chi connectivity index (χ4v) is 3.03. The van der Waals surface area contributed by atoms with Gasteiger partial charge in [0.1, 0.15) is 12.2 Å². The molecule has 8 nitrogen and oxygen atoms in total. The van der Waals surface area contributed by atoms with Gasteiger partial charge in [-0.15, -0.1) is 34.2 Å². The molecule has 9 heteroatoms. The van der Waals surface area contributed by atoms with Gasteiger partial charge in [0.2, 0.25) is 0 Å². The summed E-state index contributed by atoms with van der Waals surface area (Å²) in [5, 5.41) is 19.4. The molecule has 152 valence electrons. The molecule has 1 atom stereocenters. The highest BCUT2D eigenvalue weighted by atomic mass is 127.